The molecular formula is C15H11F4NO4S. The van der Waals surface area contributed by atoms with Crippen LogP contribution < -0.4 is 4.72 Å². The van der Waals surface area contributed by atoms with Crippen LogP contribution in [0.15, 0.2) is 41.3 Å². The summed E-state index contributed by atoms with van der Waals surface area (Å²) < 4.78 is 78.5. The van der Waals surface area contributed by atoms with E-state index in [4.69, 9.17) is 5.11 Å². The number of alkyl halides is 3. The van der Waals surface area contributed by atoms with Gasteiger partial charge in [0.15, 0.2) is 0 Å². The number of carboxylic acids is 1. The zero-order chi connectivity index (χ0) is 19.0. The van der Waals surface area contributed by atoms with Crippen LogP contribution in [0.25, 0.3) is 0 Å². The third-order valence-electron chi connectivity index (χ3n) is 3.28. The summed E-state index contributed by atoms with van der Waals surface area (Å²) in [5.74, 6) is -2.71. The standard InChI is InChI=1S/C15H11F4NO4S/c1-8-2-4-10(15(17,18)19)7-12(8)20-25(23,24)13-6-9(14(21)22)3-5-11(13)16/h2-7,20H,1H3,(H,21,22). The minimum Gasteiger partial charge on any atom is -0.478 e. The minimum absolute atomic E-state index is 0.173. The summed E-state index contributed by atoms with van der Waals surface area (Å²) in [6.45, 7) is 1.36. The molecule has 0 fully saturated rings. The van der Waals surface area contributed by atoms with Gasteiger partial charge >= 0.3 is 12.1 Å². The van der Waals surface area contributed by atoms with Crippen molar-refractivity contribution in [2.24, 2.45) is 0 Å². The van der Waals surface area contributed by atoms with Crippen molar-refractivity contribution in [3.8, 4) is 0 Å². The molecule has 0 saturated heterocycles. The molecule has 2 N–H and O–H groups in total. The predicted octanol–water partition coefficient (Wildman–Crippen LogP) is 3.65. The van der Waals surface area contributed by atoms with Gasteiger partial charge in [-0.05, 0) is 42.8 Å². The van der Waals surface area contributed by atoms with Gasteiger partial charge in [-0.25, -0.2) is 17.6 Å². The van der Waals surface area contributed by atoms with Crippen molar-refractivity contribution >= 4 is 21.7 Å². The van der Waals surface area contributed by atoms with Crippen molar-refractivity contribution in [2.45, 2.75) is 18.0 Å². The summed E-state index contributed by atoms with van der Waals surface area (Å²) in [6.07, 6.45) is -4.69. The summed E-state index contributed by atoms with van der Waals surface area (Å²) in [5.41, 5.74) is -1.79. The number of nitrogens with one attached hydrogen (secondary N) is 1. The lowest BCUT2D eigenvalue weighted by Crippen LogP contribution is -2.17. The molecule has 2 aromatic rings. The molecule has 10 heteroatoms. The van der Waals surface area contributed by atoms with Crippen molar-refractivity contribution in [3.63, 3.8) is 0 Å². The molecule has 0 bridgehead atoms. The maximum Gasteiger partial charge on any atom is 0.416 e. The third kappa shape index (κ3) is 4.08. The molecule has 0 aliphatic rings. The van der Waals surface area contributed by atoms with Gasteiger partial charge in [0.1, 0.15) is 10.7 Å². The zero-order valence-electron chi connectivity index (χ0n) is 12.6. The topological polar surface area (TPSA) is 83.5 Å². The lowest BCUT2D eigenvalue weighted by atomic mass is 10.1. The van der Waals surface area contributed by atoms with Crippen LogP contribution in [0.2, 0.25) is 0 Å². The van der Waals surface area contributed by atoms with Crippen molar-refractivity contribution < 1.29 is 35.9 Å². The number of benzene rings is 2. The molecule has 2 rings (SSSR count). The first kappa shape index (κ1) is 18.7. The fourth-order valence-corrected chi connectivity index (χ4v) is 3.18. The Balaban J connectivity index is 2.50. The number of aryl methyl sites for hydroxylation is 1. The summed E-state index contributed by atoms with van der Waals surface area (Å²) in [6, 6.07) is 4.52. The van der Waals surface area contributed by atoms with Crippen LogP contribution >= 0.6 is 0 Å². The van der Waals surface area contributed by atoms with Crippen LogP contribution in [0.5, 0.6) is 0 Å². The second-order valence-corrected chi connectivity index (χ2v) is 6.73. The Kier molecular flexibility index (Phi) is 4.76. The summed E-state index contributed by atoms with van der Waals surface area (Å²) in [7, 11) is -4.64. The van der Waals surface area contributed by atoms with Crippen LogP contribution in [-0.2, 0) is 16.2 Å². The number of carboxylic acid groups (broad SMARTS) is 1. The van der Waals surface area contributed by atoms with Gasteiger partial charge in [0.05, 0.1) is 16.8 Å². The van der Waals surface area contributed by atoms with Crippen LogP contribution in [0.4, 0.5) is 23.2 Å². The number of hydrogen-bond acceptors (Lipinski definition) is 3. The Labute approximate surface area is 140 Å². The van der Waals surface area contributed by atoms with Gasteiger partial charge in [-0.15, -0.1) is 0 Å². The van der Waals surface area contributed by atoms with Gasteiger partial charge in [0.25, 0.3) is 10.0 Å². The molecule has 0 unspecified atom stereocenters. The average molecular weight is 377 g/mol. The van der Waals surface area contributed by atoms with Gasteiger partial charge < -0.3 is 5.11 Å². The van der Waals surface area contributed by atoms with Crippen LogP contribution in [0.1, 0.15) is 21.5 Å². The molecular weight excluding hydrogens is 366 g/mol. The molecule has 134 valence electrons. The lowest BCUT2D eigenvalue weighted by Gasteiger charge is -2.14. The van der Waals surface area contributed by atoms with Gasteiger partial charge in [-0.1, -0.05) is 6.07 Å². The number of aromatic carboxylic acids is 1. The summed E-state index contributed by atoms with van der Waals surface area (Å²) >= 11 is 0. The maximum absolute atomic E-state index is 13.8. The van der Waals surface area contributed by atoms with E-state index in [2.05, 4.69) is 0 Å². The molecule has 0 heterocycles. The second-order valence-electron chi connectivity index (χ2n) is 5.08. The number of carbonyl (C=O) groups is 1. The molecule has 0 aromatic heterocycles. The molecule has 0 aliphatic heterocycles. The fraction of sp³-hybridized carbons (Fsp3) is 0.133. The highest BCUT2D eigenvalue weighted by atomic mass is 32.2. The van der Waals surface area contributed by atoms with Gasteiger partial charge in [-0.3, -0.25) is 4.72 Å². The molecule has 0 spiro atoms. The highest BCUT2D eigenvalue weighted by Crippen LogP contribution is 2.33. The first-order chi connectivity index (χ1) is 11.4. The Morgan fingerprint density at radius 1 is 1.12 bits per heavy atom. The van der Waals surface area contributed by atoms with Gasteiger partial charge in [-0.2, -0.15) is 13.2 Å². The quantitative estimate of drug-likeness (QED) is 0.797. The third-order valence-corrected chi connectivity index (χ3v) is 4.66. The van der Waals surface area contributed by atoms with Crippen molar-refractivity contribution in [2.75, 3.05) is 4.72 Å². The Hall–Kier alpha value is -2.62. The van der Waals surface area contributed by atoms with Crippen molar-refractivity contribution in [1.29, 1.82) is 0 Å². The molecule has 0 aliphatic carbocycles. The molecule has 2 aromatic carbocycles. The molecule has 0 amide bonds. The largest absolute Gasteiger partial charge is 0.478 e. The summed E-state index contributed by atoms with van der Waals surface area (Å²) in [4.78, 5) is 9.91. The summed E-state index contributed by atoms with van der Waals surface area (Å²) in [5, 5.41) is 8.86. The van der Waals surface area contributed by atoms with Gasteiger partial charge in [0, 0.05) is 0 Å². The predicted molar refractivity (Wildman–Crippen MR) is 80.3 cm³/mol. The second kappa shape index (κ2) is 6.36. The highest BCUT2D eigenvalue weighted by Gasteiger charge is 2.31. The van der Waals surface area contributed by atoms with E-state index in [0.717, 1.165) is 18.2 Å². The zero-order valence-corrected chi connectivity index (χ0v) is 13.4. The van der Waals surface area contributed by atoms with E-state index in [0.29, 0.717) is 18.2 Å². The number of sulfonamides is 1. The van der Waals surface area contributed by atoms with Crippen LogP contribution in [-0.4, -0.2) is 19.5 Å². The van der Waals surface area contributed by atoms with Crippen molar-refractivity contribution in [1.82, 2.24) is 0 Å². The van der Waals surface area contributed by atoms with E-state index in [9.17, 15) is 30.8 Å². The smallest absolute Gasteiger partial charge is 0.416 e. The van der Waals surface area contributed by atoms with Crippen molar-refractivity contribution in [3.05, 3.63) is 58.9 Å². The Morgan fingerprint density at radius 2 is 1.76 bits per heavy atom. The van der Waals surface area contributed by atoms with E-state index < -0.39 is 49.7 Å². The number of hydrogen-bond donors (Lipinski definition) is 2. The molecule has 0 saturated carbocycles. The fourth-order valence-electron chi connectivity index (χ4n) is 1.95. The van der Waals surface area contributed by atoms with E-state index >= 15 is 0 Å². The lowest BCUT2D eigenvalue weighted by molar-refractivity contribution is -0.137. The number of rotatable bonds is 4. The van der Waals surface area contributed by atoms with E-state index in [-0.39, 0.29) is 5.56 Å². The first-order valence-corrected chi connectivity index (χ1v) is 8.13. The molecule has 0 radical (unpaired) electrons. The number of halogens is 4. The first-order valence-electron chi connectivity index (χ1n) is 6.65. The van der Waals surface area contributed by atoms with E-state index in [1.54, 1.807) is 0 Å². The normalized spacial score (nSPS) is 12.0. The minimum atomic E-state index is -4.69. The SMILES string of the molecule is Cc1ccc(C(F)(F)F)cc1NS(=O)(=O)c1cc(C(=O)O)ccc1F. The Bertz CT molecular complexity index is 939. The maximum atomic E-state index is 13.8. The monoisotopic (exact) mass is 377 g/mol. The van der Waals surface area contributed by atoms with Crippen LogP contribution in [0, 0.1) is 12.7 Å². The Morgan fingerprint density at radius 3 is 2.32 bits per heavy atom. The molecule has 25 heavy (non-hydrogen) atoms. The molecule has 0 atom stereocenters. The molecule has 5 nitrogen and oxygen atoms in total. The average Bonchev–Trinajstić information content (AvgIpc) is 2.48. The van der Waals surface area contributed by atoms with E-state index in [1.165, 1.54) is 6.92 Å². The highest BCUT2D eigenvalue weighted by molar-refractivity contribution is 7.92. The number of anilines is 1. The van der Waals surface area contributed by atoms with Crippen LogP contribution in [0.3, 0.4) is 0 Å². The van der Waals surface area contributed by atoms with Gasteiger partial charge in [0.2, 0.25) is 0 Å². The van der Waals surface area contributed by atoms with E-state index in [1.807, 2.05) is 4.72 Å².